The molecule has 0 amide bonds. The van der Waals surface area contributed by atoms with Crippen molar-refractivity contribution in [2.45, 2.75) is 26.7 Å². The number of aromatic nitrogens is 3. The molecule has 6 heteroatoms. The van der Waals surface area contributed by atoms with Gasteiger partial charge in [0, 0.05) is 6.07 Å². The minimum atomic E-state index is -0.334. The maximum absolute atomic E-state index is 13.6. The Morgan fingerprint density at radius 3 is 2.67 bits per heavy atom. The molecule has 0 saturated carbocycles. The summed E-state index contributed by atoms with van der Waals surface area (Å²) < 4.78 is 15.7. The van der Waals surface area contributed by atoms with Crippen LogP contribution in [0.5, 0.6) is 0 Å². The summed E-state index contributed by atoms with van der Waals surface area (Å²) >= 11 is 3.16. The summed E-state index contributed by atoms with van der Waals surface area (Å²) in [5.74, 6) is 0.207. The smallest absolute Gasteiger partial charge is 0.169 e. The van der Waals surface area contributed by atoms with Gasteiger partial charge in [-0.3, -0.25) is 0 Å². The van der Waals surface area contributed by atoms with Gasteiger partial charge in [-0.2, -0.15) is 0 Å². The van der Waals surface area contributed by atoms with Crippen molar-refractivity contribution in [2.75, 3.05) is 5.73 Å². The van der Waals surface area contributed by atoms with Gasteiger partial charge in [0.25, 0.3) is 0 Å². The molecule has 4 nitrogen and oxygen atoms in total. The average molecular weight is 313 g/mol. The highest BCUT2D eigenvalue weighted by Gasteiger charge is 2.17. The maximum atomic E-state index is 13.6. The monoisotopic (exact) mass is 312 g/mol. The number of anilines is 1. The molecule has 1 aromatic heterocycles. The minimum Gasteiger partial charge on any atom is -0.381 e. The van der Waals surface area contributed by atoms with Crippen molar-refractivity contribution in [2.24, 2.45) is 0 Å². The third kappa shape index (κ3) is 2.12. The second-order valence-corrected chi connectivity index (χ2v) is 5.33. The topological polar surface area (TPSA) is 56.7 Å². The van der Waals surface area contributed by atoms with Crippen molar-refractivity contribution in [1.82, 2.24) is 15.0 Å². The van der Waals surface area contributed by atoms with E-state index in [1.807, 2.05) is 20.8 Å². The second-order valence-electron chi connectivity index (χ2n) is 4.48. The van der Waals surface area contributed by atoms with E-state index in [4.69, 9.17) is 5.73 Å². The molecule has 0 aliphatic heterocycles. The zero-order valence-corrected chi connectivity index (χ0v) is 12.0. The highest BCUT2D eigenvalue weighted by atomic mass is 79.9. The molecule has 2 rings (SSSR count). The minimum absolute atomic E-state index is 0.158. The number of nitrogens with two attached hydrogens (primary N) is 1. The van der Waals surface area contributed by atoms with Crippen LogP contribution in [0.1, 0.15) is 31.0 Å². The fourth-order valence-electron chi connectivity index (χ4n) is 1.88. The Morgan fingerprint density at radius 1 is 1.39 bits per heavy atom. The molecule has 1 aromatic carbocycles. The highest BCUT2D eigenvalue weighted by Crippen LogP contribution is 2.27. The lowest BCUT2D eigenvalue weighted by atomic mass is 10.1. The van der Waals surface area contributed by atoms with Gasteiger partial charge in [0.1, 0.15) is 5.82 Å². The van der Waals surface area contributed by atoms with Gasteiger partial charge in [-0.15, -0.1) is 5.10 Å². The Balaban J connectivity index is 2.66. The van der Waals surface area contributed by atoms with Gasteiger partial charge in [-0.05, 0) is 40.4 Å². The molecular weight excluding hydrogens is 299 g/mol. The van der Waals surface area contributed by atoms with Crippen LogP contribution >= 0.6 is 15.9 Å². The number of hydrogen-bond acceptors (Lipinski definition) is 3. The Labute approximate surface area is 113 Å². The first-order valence-corrected chi connectivity index (χ1v) is 6.38. The van der Waals surface area contributed by atoms with Crippen LogP contribution in [-0.2, 0) is 0 Å². The van der Waals surface area contributed by atoms with Crippen molar-refractivity contribution in [1.29, 1.82) is 0 Å². The molecule has 96 valence electrons. The lowest BCUT2D eigenvalue weighted by Crippen LogP contribution is -2.07. The van der Waals surface area contributed by atoms with Gasteiger partial charge in [-0.25, -0.2) is 9.07 Å². The molecule has 0 aliphatic rings. The number of rotatable bonds is 2. The standard InChI is InChI=1S/C12H14BrFN4/c1-6(2)11-12(15)16-17-18(11)10-5-9(14)8(13)4-7(10)3/h4-6H,15H2,1-3H3. The van der Waals surface area contributed by atoms with E-state index in [0.717, 1.165) is 11.3 Å². The number of aryl methyl sites for hydroxylation is 1. The maximum Gasteiger partial charge on any atom is 0.169 e. The van der Waals surface area contributed by atoms with Crippen molar-refractivity contribution in [3.05, 3.63) is 33.7 Å². The zero-order valence-electron chi connectivity index (χ0n) is 10.4. The fourth-order valence-corrected chi connectivity index (χ4v) is 2.34. The summed E-state index contributed by atoms with van der Waals surface area (Å²) in [7, 11) is 0. The number of nitrogen functional groups attached to an aromatic ring is 1. The van der Waals surface area contributed by atoms with E-state index in [1.165, 1.54) is 6.07 Å². The summed E-state index contributed by atoms with van der Waals surface area (Å²) in [6.07, 6.45) is 0. The van der Waals surface area contributed by atoms with Crippen molar-refractivity contribution in [3.8, 4) is 5.69 Å². The van der Waals surface area contributed by atoms with Crippen LogP contribution in [0.4, 0.5) is 10.2 Å². The quantitative estimate of drug-likeness (QED) is 0.926. The van der Waals surface area contributed by atoms with Crippen LogP contribution in [0.15, 0.2) is 16.6 Å². The molecule has 0 bridgehead atoms. The van der Waals surface area contributed by atoms with Crippen LogP contribution < -0.4 is 5.73 Å². The van der Waals surface area contributed by atoms with Gasteiger partial charge >= 0.3 is 0 Å². The Kier molecular flexibility index (Phi) is 3.38. The molecule has 0 aliphatic carbocycles. The summed E-state index contributed by atoms with van der Waals surface area (Å²) in [5, 5.41) is 7.86. The third-order valence-corrected chi connectivity index (χ3v) is 3.35. The average Bonchev–Trinajstić information content (AvgIpc) is 2.65. The van der Waals surface area contributed by atoms with Crippen LogP contribution in [0.25, 0.3) is 5.69 Å². The van der Waals surface area contributed by atoms with E-state index in [-0.39, 0.29) is 11.7 Å². The number of halogens is 2. The summed E-state index contributed by atoms with van der Waals surface area (Å²) in [5.41, 5.74) is 8.15. The van der Waals surface area contributed by atoms with Crippen LogP contribution in [0.2, 0.25) is 0 Å². The zero-order chi connectivity index (χ0) is 13.4. The summed E-state index contributed by atoms with van der Waals surface area (Å²) in [6, 6.07) is 3.14. The molecule has 0 atom stereocenters. The van der Waals surface area contributed by atoms with Crippen molar-refractivity contribution < 1.29 is 4.39 Å². The number of nitrogens with zero attached hydrogens (tertiary/aromatic N) is 3. The van der Waals surface area contributed by atoms with E-state index >= 15 is 0 Å². The molecule has 1 heterocycles. The van der Waals surface area contributed by atoms with E-state index in [2.05, 4.69) is 26.2 Å². The summed E-state index contributed by atoms with van der Waals surface area (Å²) in [4.78, 5) is 0. The van der Waals surface area contributed by atoms with Crippen molar-refractivity contribution in [3.63, 3.8) is 0 Å². The molecule has 0 spiro atoms. The predicted octanol–water partition coefficient (Wildman–Crippen LogP) is 3.18. The van der Waals surface area contributed by atoms with E-state index in [9.17, 15) is 4.39 Å². The molecule has 0 fully saturated rings. The molecule has 0 radical (unpaired) electrons. The fraction of sp³-hybridized carbons (Fsp3) is 0.333. The van der Waals surface area contributed by atoms with Crippen LogP contribution in [-0.4, -0.2) is 15.0 Å². The first-order chi connectivity index (χ1) is 8.41. The van der Waals surface area contributed by atoms with Gasteiger partial charge in [-0.1, -0.05) is 19.1 Å². The molecule has 2 N–H and O–H groups in total. The highest BCUT2D eigenvalue weighted by molar-refractivity contribution is 9.10. The lowest BCUT2D eigenvalue weighted by Gasteiger charge is -2.12. The van der Waals surface area contributed by atoms with Gasteiger partial charge < -0.3 is 5.73 Å². The van der Waals surface area contributed by atoms with Crippen molar-refractivity contribution >= 4 is 21.7 Å². The molecule has 18 heavy (non-hydrogen) atoms. The molecule has 0 saturated heterocycles. The third-order valence-electron chi connectivity index (χ3n) is 2.75. The van der Waals surface area contributed by atoms with Gasteiger partial charge in [0.15, 0.2) is 5.82 Å². The van der Waals surface area contributed by atoms with Gasteiger partial charge in [0.2, 0.25) is 0 Å². The van der Waals surface area contributed by atoms with Crippen LogP contribution in [0.3, 0.4) is 0 Å². The Morgan fingerprint density at radius 2 is 2.06 bits per heavy atom. The second kappa shape index (κ2) is 4.68. The normalized spacial score (nSPS) is 11.2. The number of benzene rings is 1. The first-order valence-electron chi connectivity index (χ1n) is 5.59. The number of hydrogen-bond donors (Lipinski definition) is 1. The van der Waals surface area contributed by atoms with Gasteiger partial charge in [0.05, 0.1) is 15.9 Å². The van der Waals surface area contributed by atoms with E-state index in [1.54, 1.807) is 10.7 Å². The largest absolute Gasteiger partial charge is 0.381 e. The first kappa shape index (κ1) is 13.0. The summed E-state index contributed by atoms with van der Waals surface area (Å²) in [6.45, 7) is 5.88. The predicted molar refractivity (Wildman–Crippen MR) is 72.3 cm³/mol. The molecule has 0 unspecified atom stereocenters. The molecule has 2 aromatic rings. The Bertz CT molecular complexity index is 592. The molecular formula is C12H14BrFN4. The van der Waals surface area contributed by atoms with Crippen LogP contribution in [0, 0.1) is 12.7 Å². The SMILES string of the molecule is Cc1cc(Br)c(F)cc1-n1nnc(N)c1C(C)C. The Hall–Kier alpha value is -1.43. The lowest BCUT2D eigenvalue weighted by molar-refractivity contribution is 0.615. The van der Waals surface area contributed by atoms with E-state index < -0.39 is 0 Å². The van der Waals surface area contributed by atoms with E-state index in [0.29, 0.717) is 16.0 Å².